The van der Waals surface area contributed by atoms with Crippen LogP contribution in [0.3, 0.4) is 0 Å². The Morgan fingerprint density at radius 2 is 1.48 bits per heavy atom. The fraction of sp³-hybridized carbons (Fsp3) is 0.205. The lowest BCUT2D eigenvalue weighted by molar-refractivity contribution is -0.384. The Morgan fingerprint density at radius 3 is 2.09 bits per heavy atom. The predicted octanol–water partition coefficient (Wildman–Crippen LogP) is 8.72. The number of carbonyl (C=O) groups excluding carboxylic acids is 3. The quantitative estimate of drug-likeness (QED) is 0.0485. The number of nitro benzene ring substituents is 1. The number of hydrogen-bond acceptors (Lipinski definition) is 8. The molecular formula is C44H37IN4O7. The third-order valence-electron chi connectivity index (χ3n) is 10.5. The Bertz CT molecular complexity index is 2330. The summed E-state index contributed by atoms with van der Waals surface area (Å²) in [5, 5.41) is 13.7. The molecule has 0 saturated carbocycles. The van der Waals surface area contributed by atoms with E-state index in [1.54, 1.807) is 24.3 Å². The van der Waals surface area contributed by atoms with Crippen molar-refractivity contribution in [2.45, 2.75) is 38.2 Å². The molecule has 3 heterocycles. The number of benzene rings is 5. The number of nitro groups is 1. The molecule has 0 bridgehead atoms. The van der Waals surface area contributed by atoms with Crippen molar-refractivity contribution < 1.29 is 28.8 Å². The number of anilines is 2. The topological polar surface area (TPSA) is 131 Å². The van der Waals surface area contributed by atoms with Gasteiger partial charge >= 0.3 is 6.03 Å². The predicted molar refractivity (Wildman–Crippen MR) is 221 cm³/mol. The number of imide groups is 2. The van der Waals surface area contributed by atoms with Crippen LogP contribution in [0, 0.1) is 13.7 Å². The first-order chi connectivity index (χ1) is 27.2. The molecule has 1 saturated heterocycles. The second kappa shape index (κ2) is 15.6. The number of nitrogens with one attached hydrogen (secondary N) is 1. The third-order valence-corrected chi connectivity index (χ3v) is 11.3. The van der Waals surface area contributed by atoms with Crippen molar-refractivity contribution in [1.29, 1.82) is 0 Å². The van der Waals surface area contributed by atoms with E-state index in [4.69, 9.17) is 9.47 Å². The van der Waals surface area contributed by atoms with Crippen LogP contribution in [0.25, 0.3) is 6.08 Å². The number of carbonyl (C=O) groups is 3. The van der Waals surface area contributed by atoms with E-state index in [0.717, 1.165) is 58.8 Å². The first-order valence-corrected chi connectivity index (χ1v) is 19.5. The minimum atomic E-state index is -0.810. The summed E-state index contributed by atoms with van der Waals surface area (Å²) in [6.45, 7) is 3.96. The van der Waals surface area contributed by atoms with Crippen molar-refractivity contribution in [3.8, 4) is 11.5 Å². The van der Waals surface area contributed by atoms with E-state index in [2.05, 4.69) is 57.1 Å². The highest BCUT2D eigenvalue weighted by molar-refractivity contribution is 14.1. The van der Waals surface area contributed by atoms with E-state index >= 15 is 0 Å². The van der Waals surface area contributed by atoms with Crippen molar-refractivity contribution in [3.63, 3.8) is 0 Å². The minimum Gasteiger partial charge on any atom is -0.490 e. The molecule has 8 rings (SSSR count). The van der Waals surface area contributed by atoms with Gasteiger partial charge in [-0.05, 0) is 106 Å². The van der Waals surface area contributed by atoms with Crippen LogP contribution >= 0.6 is 22.6 Å². The highest BCUT2D eigenvalue weighted by atomic mass is 127. The maximum Gasteiger partial charge on any atom is 0.335 e. The maximum absolute atomic E-state index is 14.5. The third kappa shape index (κ3) is 7.12. The molecule has 0 aromatic heterocycles. The number of halogens is 1. The van der Waals surface area contributed by atoms with Gasteiger partial charge in [-0.2, -0.15) is 0 Å². The molecule has 0 spiro atoms. The van der Waals surface area contributed by atoms with E-state index in [-0.39, 0.29) is 29.7 Å². The number of hydrogen-bond donors (Lipinski definition) is 1. The average molecular weight is 861 g/mol. The van der Waals surface area contributed by atoms with Crippen molar-refractivity contribution in [1.82, 2.24) is 5.32 Å². The Morgan fingerprint density at radius 1 is 0.839 bits per heavy atom. The fourth-order valence-electron chi connectivity index (χ4n) is 8.02. The van der Waals surface area contributed by atoms with Crippen molar-refractivity contribution in [2.24, 2.45) is 0 Å². The van der Waals surface area contributed by atoms with Crippen LogP contribution in [0.15, 0.2) is 115 Å². The molecule has 0 aliphatic carbocycles. The summed E-state index contributed by atoms with van der Waals surface area (Å²) in [5.41, 5.74) is 6.82. The minimum absolute atomic E-state index is 0.0421. The van der Waals surface area contributed by atoms with E-state index in [1.165, 1.54) is 18.2 Å². The number of non-ortho nitro benzene ring substituents is 1. The summed E-state index contributed by atoms with van der Waals surface area (Å²) >= 11 is 2.08. The summed E-state index contributed by atoms with van der Waals surface area (Å²) in [4.78, 5) is 55.9. The molecule has 4 amide bonds. The van der Waals surface area contributed by atoms with Gasteiger partial charge in [0.05, 0.1) is 20.8 Å². The van der Waals surface area contributed by atoms with Gasteiger partial charge in [0.25, 0.3) is 17.5 Å². The Hall–Kier alpha value is -6.02. The monoisotopic (exact) mass is 860 g/mol. The van der Waals surface area contributed by atoms with E-state index < -0.39 is 22.8 Å². The lowest BCUT2D eigenvalue weighted by Crippen LogP contribution is -2.54. The van der Waals surface area contributed by atoms with Gasteiger partial charge in [0, 0.05) is 42.7 Å². The van der Waals surface area contributed by atoms with Crippen LogP contribution in [0.5, 0.6) is 11.5 Å². The average Bonchev–Trinajstić information content (AvgIpc) is 3.20. The smallest absolute Gasteiger partial charge is 0.335 e. The molecule has 5 aromatic carbocycles. The first kappa shape index (κ1) is 36.9. The molecule has 3 aliphatic rings. The molecular weight excluding hydrogens is 823 g/mol. The second-order valence-electron chi connectivity index (χ2n) is 13.9. The van der Waals surface area contributed by atoms with Gasteiger partial charge in [-0.1, -0.05) is 72.8 Å². The highest BCUT2D eigenvalue weighted by Crippen LogP contribution is 2.50. The Kier molecular flexibility index (Phi) is 10.3. The Labute approximate surface area is 337 Å². The second-order valence-corrected chi connectivity index (χ2v) is 15.1. The lowest BCUT2D eigenvalue weighted by atomic mass is 9.76. The molecule has 56 heavy (non-hydrogen) atoms. The fourth-order valence-corrected chi connectivity index (χ4v) is 8.80. The number of nitrogens with zero attached hydrogens (tertiary/aromatic N) is 3. The van der Waals surface area contributed by atoms with Crippen molar-refractivity contribution >= 4 is 63.6 Å². The van der Waals surface area contributed by atoms with Crippen LogP contribution in [0.4, 0.5) is 21.9 Å². The zero-order chi connectivity index (χ0) is 38.9. The van der Waals surface area contributed by atoms with Crippen molar-refractivity contribution in [2.75, 3.05) is 29.5 Å². The summed E-state index contributed by atoms with van der Waals surface area (Å²) in [5.74, 6) is -0.661. The van der Waals surface area contributed by atoms with E-state index in [9.17, 15) is 24.5 Å². The molecule has 282 valence electrons. The molecule has 1 fully saturated rings. The number of urea groups is 1. The van der Waals surface area contributed by atoms with Gasteiger partial charge < -0.3 is 14.4 Å². The number of ether oxygens (including phenoxy) is 2. The summed E-state index contributed by atoms with van der Waals surface area (Å²) in [6.07, 6.45) is 3.22. The molecule has 11 nitrogen and oxygen atoms in total. The largest absolute Gasteiger partial charge is 0.490 e. The normalized spacial score (nSPS) is 18.4. The molecule has 0 unspecified atom stereocenters. The van der Waals surface area contributed by atoms with Crippen LogP contribution in [0.1, 0.15) is 65.0 Å². The van der Waals surface area contributed by atoms with Crippen LogP contribution in [-0.4, -0.2) is 42.5 Å². The van der Waals surface area contributed by atoms with Crippen LogP contribution in [0.2, 0.25) is 0 Å². The molecule has 5 aromatic rings. The number of amides is 4. The lowest BCUT2D eigenvalue weighted by Gasteiger charge is -2.44. The highest BCUT2D eigenvalue weighted by Gasteiger charge is 2.40. The van der Waals surface area contributed by atoms with Gasteiger partial charge in [0.2, 0.25) is 0 Å². The van der Waals surface area contributed by atoms with E-state index in [0.29, 0.717) is 38.5 Å². The van der Waals surface area contributed by atoms with Gasteiger partial charge in [0.15, 0.2) is 11.5 Å². The van der Waals surface area contributed by atoms with Gasteiger partial charge in [-0.15, -0.1) is 0 Å². The molecule has 3 aliphatic heterocycles. The SMILES string of the molecule is CCOc1cc(/C=C2\C(=O)NC(=O)N(c3cc4c5c(c3)[C@@H](c3ccccc3)CCN5CC[C@@H]4c3ccccc3)C2=O)cc(I)c1OCc1cccc([N+](=O)[O-])c1. The zero-order valence-corrected chi connectivity index (χ0v) is 32.6. The van der Waals surface area contributed by atoms with E-state index in [1.807, 2.05) is 55.5 Å². The summed E-state index contributed by atoms with van der Waals surface area (Å²) < 4.78 is 12.6. The first-order valence-electron chi connectivity index (χ1n) is 18.5. The Balaban J connectivity index is 1.17. The molecule has 1 N–H and O–H groups in total. The standard InChI is InChI=1S/C44H37IN4O7/c1-2-55-39-23-28(22-38(45)41(39)56-26-27-10-9-15-31(20-27)49(53)54)21-37-42(50)46-44(52)48(43(37)51)32-24-35-33(29-11-5-3-6-12-29)16-18-47-19-17-34(36(25-32)40(35)47)30-13-7-4-8-14-30/h3-15,20-25,33-34H,2,16-19,26H2,1H3,(H,46,50,52)/b37-21+/t33-,34-/m1/s1. The van der Waals surface area contributed by atoms with Crippen molar-refractivity contribution in [3.05, 3.63) is 162 Å². The van der Waals surface area contributed by atoms with Gasteiger partial charge in [-0.25, -0.2) is 9.69 Å². The molecule has 2 atom stereocenters. The maximum atomic E-state index is 14.5. The number of rotatable bonds is 10. The summed E-state index contributed by atoms with van der Waals surface area (Å²) in [6, 6.07) is 33.3. The van der Waals surface area contributed by atoms with Crippen LogP contribution in [-0.2, 0) is 16.2 Å². The zero-order valence-electron chi connectivity index (χ0n) is 30.4. The number of barbiturate groups is 1. The molecule has 12 heteroatoms. The molecule has 0 radical (unpaired) electrons. The van der Waals surface area contributed by atoms with Crippen LogP contribution < -0.4 is 24.6 Å². The summed E-state index contributed by atoms with van der Waals surface area (Å²) in [7, 11) is 0. The van der Waals surface area contributed by atoms with Gasteiger partial charge in [0.1, 0.15) is 12.2 Å². The van der Waals surface area contributed by atoms with Gasteiger partial charge in [-0.3, -0.25) is 25.0 Å².